The summed E-state index contributed by atoms with van der Waals surface area (Å²) in [5.74, 6) is -2.80. The number of amides is 2. The molecule has 3 aliphatic rings. The molecule has 0 spiro atoms. The molecule has 5 aromatic rings. The fourth-order valence-corrected chi connectivity index (χ4v) is 13.0. The Balaban J connectivity index is 1.30. The Hall–Kier alpha value is -6.84. The average molecular weight is 911 g/mol. The third-order valence-corrected chi connectivity index (χ3v) is 15.4. The highest BCUT2D eigenvalue weighted by atomic mass is 32.2. The second-order valence-electron chi connectivity index (χ2n) is 13.2. The molecular weight excluding hydrogens is 885 g/mol. The van der Waals surface area contributed by atoms with Gasteiger partial charge in [0.2, 0.25) is 5.41 Å². The molecule has 2 saturated heterocycles. The van der Waals surface area contributed by atoms with Crippen LogP contribution in [0.15, 0.2) is 104 Å². The lowest BCUT2D eigenvalue weighted by Crippen LogP contribution is -2.45. The van der Waals surface area contributed by atoms with Crippen molar-refractivity contribution < 1.29 is 28.7 Å². The molecule has 19 heteroatoms. The molecule has 2 aromatic carbocycles. The molecule has 0 radical (unpaired) electrons. The monoisotopic (exact) mass is 910 g/mol. The first-order valence-corrected chi connectivity index (χ1v) is 22.6. The van der Waals surface area contributed by atoms with E-state index in [0.717, 1.165) is 46.2 Å². The van der Waals surface area contributed by atoms with E-state index in [2.05, 4.69) is 9.98 Å². The molecule has 3 aromatic heterocycles. The van der Waals surface area contributed by atoms with Gasteiger partial charge >= 0.3 is 11.9 Å². The number of hydrogen-bond donors (Lipinski definition) is 0. The summed E-state index contributed by atoms with van der Waals surface area (Å²) in [5, 5.41) is 39.3. The number of carbonyl (C=O) groups excluding carboxylic acids is 4. The van der Waals surface area contributed by atoms with Crippen LogP contribution in [0, 0.1) is 45.3 Å². The quantitative estimate of drug-likeness (QED) is 0.0732. The summed E-state index contributed by atoms with van der Waals surface area (Å²) in [6.07, 6.45) is 0. The number of benzene rings is 2. The number of thiophene rings is 3. The van der Waals surface area contributed by atoms with Gasteiger partial charge in [0.15, 0.2) is 21.2 Å². The fraction of sp³-hybridized carbons (Fsp3) is 0.163. The third kappa shape index (κ3) is 7.06. The van der Waals surface area contributed by atoms with Crippen molar-refractivity contribution in [3.05, 3.63) is 116 Å². The molecule has 0 N–H and O–H groups in total. The van der Waals surface area contributed by atoms with E-state index in [1.807, 2.05) is 36.4 Å². The number of nitrogens with zero attached hydrogens (tertiary/aromatic N) is 8. The highest BCUT2D eigenvalue weighted by molar-refractivity contribution is 8.20. The smallest absolute Gasteiger partial charge is 0.333 e. The number of allylic oxidation sites excluding steroid dienone is 2. The minimum atomic E-state index is -2.19. The fourth-order valence-electron chi connectivity index (χ4n) is 6.94. The van der Waals surface area contributed by atoms with E-state index in [0.29, 0.717) is 40.8 Å². The summed E-state index contributed by atoms with van der Waals surface area (Å²) in [6, 6.07) is 28.6. The van der Waals surface area contributed by atoms with E-state index in [-0.39, 0.29) is 68.2 Å². The number of nitriles is 4. The maximum Gasteiger partial charge on any atom is 0.333 e. The zero-order chi connectivity index (χ0) is 43.7. The van der Waals surface area contributed by atoms with Crippen LogP contribution in [0.1, 0.15) is 36.1 Å². The minimum Gasteiger partial charge on any atom is -0.459 e. The molecule has 304 valence electrons. The summed E-state index contributed by atoms with van der Waals surface area (Å²) < 4.78 is 13.3. The zero-order valence-electron chi connectivity index (χ0n) is 32.3. The molecule has 2 fully saturated rings. The van der Waals surface area contributed by atoms with Crippen molar-refractivity contribution in [3.63, 3.8) is 0 Å². The van der Waals surface area contributed by atoms with E-state index < -0.39 is 29.2 Å². The molecule has 14 nitrogen and oxygen atoms in total. The van der Waals surface area contributed by atoms with E-state index in [1.165, 1.54) is 21.1 Å². The van der Waals surface area contributed by atoms with Crippen LogP contribution >= 0.6 is 57.5 Å². The highest BCUT2D eigenvalue weighted by Gasteiger charge is 2.61. The van der Waals surface area contributed by atoms with E-state index in [1.54, 1.807) is 74.5 Å². The van der Waals surface area contributed by atoms with Gasteiger partial charge in [-0.1, -0.05) is 60.7 Å². The summed E-state index contributed by atoms with van der Waals surface area (Å²) >= 11 is 5.41. The number of ether oxygens (including phenoxy) is 2. The van der Waals surface area contributed by atoms with Crippen LogP contribution in [0.2, 0.25) is 0 Å². The Morgan fingerprint density at radius 3 is 1.58 bits per heavy atom. The maximum absolute atomic E-state index is 15.1. The van der Waals surface area contributed by atoms with Crippen molar-refractivity contribution in [1.29, 1.82) is 21.0 Å². The van der Waals surface area contributed by atoms with Gasteiger partial charge in [0.1, 0.15) is 57.6 Å². The first kappa shape index (κ1) is 41.9. The second-order valence-corrected chi connectivity index (χ2v) is 18.3. The van der Waals surface area contributed by atoms with Crippen LogP contribution < -0.4 is 0 Å². The maximum atomic E-state index is 15.1. The number of thioether (sulfide) groups is 2. The Labute approximate surface area is 373 Å². The lowest BCUT2D eigenvalue weighted by Gasteiger charge is -2.26. The van der Waals surface area contributed by atoms with Crippen LogP contribution in [0.3, 0.4) is 0 Å². The van der Waals surface area contributed by atoms with Gasteiger partial charge in [0.25, 0.3) is 11.8 Å². The zero-order valence-corrected chi connectivity index (χ0v) is 36.4. The number of fused-ring (bicyclic) bond motifs is 5. The molecule has 8 rings (SSSR count). The number of carbonyl (C=O) groups is 4. The molecule has 2 amide bonds. The van der Waals surface area contributed by atoms with Crippen LogP contribution in [-0.4, -0.2) is 56.7 Å². The molecule has 0 unspecified atom stereocenters. The van der Waals surface area contributed by atoms with Gasteiger partial charge in [0.05, 0.1) is 14.5 Å². The standard InChI is InChI=1S/C43H26N8O6S5/c1-3-50-37(52)35(61-39(50)25(17-44)18-45)48-29-15-27-32(59-29)34-31(33-28(58-34)16-30(60-33)49-36-38(53)51(4-2)40(62-36)26(19-46)20-47)43(27,41(54)56-21-23-11-7-5-8-12-23)42(55)57-22-24-13-9-6-10-14-24/h5-16H,3-4,21-22H2,1-2H3/b48-35-,49-36-. The summed E-state index contributed by atoms with van der Waals surface area (Å²) in [4.78, 5) is 70.1. The van der Waals surface area contributed by atoms with Crippen molar-refractivity contribution in [1.82, 2.24) is 9.80 Å². The third-order valence-electron chi connectivity index (χ3n) is 9.76. The van der Waals surface area contributed by atoms with E-state index in [9.17, 15) is 30.6 Å². The SMILES string of the molecule is CCN1C(=O)/C(=N/c2cc3c(s2)-c2sc4cc(/N=C5\SC(=C(C#N)C#N)N(CC)C5=O)sc4c2C3(C(=O)OCc2ccccc2)C(=O)OCc2ccccc2)SC1=C(C#N)C#N. The van der Waals surface area contributed by atoms with Crippen molar-refractivity contribution in [2.24, 2.45) is 9.98 Å². The van der Waals surface area contributed by atoms with Gasteiger partial charge in [-0.2, -0.15) is 21.0 Å². The average Bonchev–Trinajstić information content (AvgIpc) is 4.13. The predicted molar refractivity (Wildman–Crippen MR) is 237 cm³/mol. The molecule has 0 bridgehead atoms. The van der Waals surface area contributed by atoms with Gasteiger partial charge in [-0.3, -0.25) is 29.0 Å². The largest absolute Gasteiger partial charge is 0.459 e. The minimum absolute atomic E-state index is 0.000419. The van der Waals surface area contributed by atoms with Crippen LogP contribution in [0.4, 0.5) is 10.0 Å². The molecule has 0 saturated carbocycles. The molecule has 5 heterocycles. The number of rotatable bonds is 10. The second kappa shape index (κ2) is 17.3. The number of esters is 2. The van der Waals surface area contributed by atoms with Gasteiger partial charge in [-0.15, -0.1) is 34.0 Å². The normalized spacial score (nSPS) is 16.2. The van der Waals surface area contributed by atoms with Crippen molar-refractivity contribution in [2.45, 2.75) is 32.5 Å². The Bertz CT molecular complexity index is 2960. The van der Waals surface area contributed by atoms with Gasteiger partial charge in [0, 0.05) is 28.9 Å². The summed E-state index contributed by atoms with van der Waals surface area (Å²) in [7, 11) is 0. The first-order chi connectivity index (χ1) is 30.1. The Morgan fingerprint density at radius 1 is 0.661 bits per heavy atom. The Kier molecular flexibility index (Phi) is 11.7. The molecule has 0 atom stereocenters. The summed E-state index contributed by atoms with van der Waals surface area (Å²) in [6.45, 7) is 3.48. The summed E-state index contributed by atoms with van der Waals surface area (Å²) in [5.41, 5.74) is -0.728. The van der Waals surface area contributed by atoms with E-state index in [4.69, 9.17) is 9.47 Å². The lowest BCUT2D eigenvalue weighted by atomic mass is 9.79. The molecule has 62 heavy (non-hydrogen) atoms. The predicted octanol–water partition coefficient (Wildman–Crippen LogP) is 8.55. The molecule has 2 aliphatic heterocycles. The highest BCUT2D eigenvalue weighted by Crippen LogP contribution is 2.62. The van der Waals surface area contributed by atoms with Crippen molar-refractivity contribution in [2.75, 3.05) is 13.1 Å². The number of aliphatic imine (C=N–C) groups is 2. The van der Waals surface area contributed by atoms with Gasteiger partial charge < -0.3 is 9.47 Å². The van der Waals surface area contributed by atoms with Gasteiger partial charge in [-0.05, 0) is 60.6 Å². The first-order valence-electron chi connectivity index (χ1n) is 18.5. The Morgan fingerprint density at radius 2 is 1.13 bits per heavy atom. The van der Waals surface area contributed by atoms with Crippen molar-refractivity contribution >= 4 is 111 Å². The topological polar surface area (TPSA) is 213 Å². The number of hydrogen-bond acceptors (Lipinski definition) is 17. The van der Waals surface area contributed by atoms with Crippen LogP contribution in [0.5, 0.6) is 0 Å². The van der Waals surface area contributed by atoms with Crippen LogP contribution in [0.25, 0.3) is 19.2 Å². The van der Waals surface area contributed by atoms with E-state index >= 15 is 9.59 Å². The molecule has 1 aliphatic carbocycles. The van der Waals surface area contributed by atoms with Crippen molar-refractivity contribution in [3.8, 4) is 34.0 Å². The lowest BCUT2D eigenvalue weighted by molar-refractivity contribution is -0.164. The van der Waals surface area contributed by atoms with Gasteiger partial charge in [-0.25, -0.2) is 9.98 Å². The molecular formula is C43H26N8O6S5. The van der Waals surface area contributed by atoms with Crippen LogP contribution in [-0.2, 0) is 47.3 Å².